The number of benzene rings is 1. The summed E-state index contributed by atoms with van der Waals surface area (Å²) < 4.78 is 0. The number of aryl methyl sites for hydroxylation is 1. The van der Waals surface area contributed by atoms with Crippen molar-refractivity contribution < 1.29 is 0 Å². The zero-order valence-corrected chi connectivity index (χ0v) is 13.4. The number of hydrogen-bond acceptors (Lipinski definition) is 4. The lowest BCUT2D eigenvalue weighted by molar-refractivity contribution is 0.672. The van der Waals surface area contributed by atoms with Crippen LogP contribution in [0.15, 0.2) is 24.3 Å². The Balaban J connectivity index is 1.94. The molecule has 0 saturated heterocycles. The van der Waals surface area contributed by atoms with Gasteiger partial charge in [-0.3, -0.25) is 0 Å². The summed E-state index contributed by atoms with van der Waals surface area (Å²) in [6.45, 7) is 3.77. The van der Waals surface area contributed by atoms with Crippen LogP contribution in [0.2, 0.25) is 5.02 Å². The predicted octanol–water partition coefficient (Wildman–Crippen LogP) is 4.18. The Labute approximate surface area is 135 Å². The van der Waals surface area contributed by atoms with E-state index in [2.05, 4.69) is 21.6 Å². The first kappa shape index (κ1) is 14.8. The highest BCUT2D eigenvalue weighted by molar-refractivity contribution is 6.30. The monoisotopic (exact) mass is 312 g/mol. The number of nitrogens with one attached hydrogen (secondary N) is 1. The topological polar surface area (TPSA) is 61.6 Å². The molecule has 1 aromatic heterocycles. The van der Waals surface area contributed by atoms with E-state index in [4.69, 9.17) is 11.6 Å². The molecule has 1 fully saturated rings. The molecule has 0 bridgehead atoms. The number of anilines is 1. The first-order valence-corrected chi connectivity index (χ1v) is 7.74. The van der Waals surface area contributed by atoms with Crippen LogP contribution in [-0.4, -0.2) is 10.2 Å². The standard InChI is InChI=1S/C17H17ClN4/c1-10-11(2)21-22-17(15(10)9-19)20-16(12-3-4-12)13-5-7-14(18)8-6-13/h5-8,12,16H,3-4H2,1-2H3,(H,20,22). The highest BCUT2D eigenvalue weighted by Gasteiger charge is 2.33. The number of nitriles is 1. The average molecular weight is 313 g/mol. The third-order valence-corrected chi connectivity index (χ3v) is 4.43. The van der Waals surface area contributed by atoms with Crippen LogP contribution < -0.4 is 5.32 Å². The summed E-state index contributed by atoms with van der Waals surface area (Å²) in [4.78, 5) is 0. The van der Waals surface area contributed by atoms with Crippen molar-refractivity contribution in [2.75, 3.05) is 5.32 Å². The molecule has 3 rings (SSSR count). The van der Waals surface area contributed by atoms with Crippen LogP contribution in [-0.2, 0) is 0 Å². The molecule has 4 nitrogen and oxygen atoms in total. The third kappa shape index (κ3) is 2.90. The molecular weight excluding hydrogens is 296 g/mol. The van der Waals surface area contributed by atoms with E-state index in [-0.39, 0.29) is 6.04 Å². The highest BCUT2D eigenvalue weighted by atomic mass is 35.5. The van der Waals surface area contributed by atoms with Crippen LogP contribution in [0.1, 0.15) is 41.3 Å². The van der Waals surface area contributed by atoms with E-state index in [1.54, 1.807) is 0 Å². The van der Waals surface area contributed by atoms with E-state index >= 15 is 0 Å². The van der Waals surface area contributed by atoms with Gasteiger partial charge in [0.2, 0.25) is 0 Å². The van der Waals surface area contributed by atoms with Crippen LogP contribution in [0.25, 0.3) is 0 Å². The Kier molecular flexibility index (Phi) is 4.00. The SMILES string of the molecule is Cc1nnc(NC(c2ccc(Cl)cc2)C2CC2)c(C#N)c1C. The lowest BCUT2D eigenvalue weighted by Gasteiger charge is -2.20. The molecule has 0 amide bonds. The molecule has 112 valence electrons. The van der Waals surface area contributed by atoms with E-state index < -0.39 is 0 Å². The summed E-state index contributed by atoms with van der Waals surface area (Å²) in [6.07, 6.45) is 2.36. The van der Waals surface area contributed by atoms with Crippen molar-refractivity contribution in [3.63, 3.8) is 0 Å². The molecule has 1 aromatic carbocycles. The van der Waals surface area contributed by atoms with Gasteiger partial charge in [0.1, 0.15) is 11.6 Å². The molecular formula is C17H17ClN4. The number of rotatable bonds is 4. The number of halogens is 1. The number of hydrogen-bond donors (Lipinski definition) is 1. The van der Waals surface area contributed by atoms with Gasteiger partial charge in [-0.25, -0.2) is 0 Å². The molecule has 0 aliphatic heterocycles. The number of aromatic nitrogens is 2. The molecule has 0 spiro atoms. The molecule has 1 aliphatic rings. The second-order valence-electron chi connectivity index (χ2n) is 5.76. The molecule has 0 radical (unpaired) electrons. The average Bonchev–Trinajstić information content (AvgIpc) is 3.34. The van der Waals surface area contributed by atoms with E-state index in [1.807, 2.05) is 38.1 Å². The molecule has 1 atom stereocenters. The van der Waals surface area contributed by atoms with Gasteiger partial charge in [-0.05, 0) is 55.9 Å². The summed E-state index contributed by atoms with van der Waals surface area (Å²) in [5, 5.41) is 21.9. The van der Waals surface area contributed by atoms with E-state index in [9.17, 15) is 5.26 Å². The van der Waals surface area contributed by atoms with Gasteiger partial charge >= 0.3 is 0 Å². The quantitative estimate of drug-likeness (QED) is 0.920. The highest BCUT2D eigenvalue weighted by Crippen LogP contribution is 2.43. The molecule has 1 unspecified atom stereocenters. The fourth-order valence-electron chi connectivity index (χ4n) is 2.57. The van der Waals surface area contributed by atoms with Crippen LogP contribution in [0.4, 0.5) is 5.82 Å². The largest absolute Gasteiger partial charge is 0.360 e. The Hall–Kier alpha value is -2.12. The Bertz CT molecular complexity index is 730. The second-order valence-corrected chi connectivity index (χ2v) is 6.19. The zero-order chi connectivity index (χ0) is 15.7. The first-order chi connectivity index (χ1) is 10.6. The van der Waals surface area contributed by atoms with Crippen molar-refractivity contribution in [2.24, 2.45) is 5.92 Å². The molecule has 1 heterocycles. The van der Waals surface area contributed by atoms with Gasteiger partial charge in [-0.15, -0.1) is 5.10 Å². The smallest absolute Gasteiger partial charge is 0.167 e. The molecule has 1 N–H and O–H groups in total. The molecule has 1 saturated carbocycles. The Morgan fingerprint density at radius 3 is 2.50 bits per heavy atom. The van der Waals surface area contributed by atoms with Crippen molar-refractivity contribution in [1.82, 2.24) is 10.2 Å². The van der Waals surface area contributed by atoms with Crippen LogP contribution in [0.5, 0.6) is 0 Å². The van der Waals surface area contributed by atoms with Crippen molar-refractivity contribution in [1.29, 1.82) is 5.26 Å². The van der Waals surface area contributed by atoms with Gasteiger partial charge in [0.15, 0.2) is 5.82 Å². The summed E-state index contributed by atoms with van der Waals surface area (Å²) in [7, 11) is 0. The predicted molar refractivity (Wildman–Crippen MR) is 86.8 cm³/mol. The minimum absolute atomic E-state index is 0.140. The minimum atomic E-state index is 0.140. The lowest BCUT2D eigenvalue weighted by atomic mass is 10.0. The maximum absolute atomic E-state index is 9.42. The molecule has 1 aliphatic carbocycles. The summed E-state index contributed by atoms with van der Waals surface area (Å²) in [5.74, 6) is 1.13. The summed E-state index contributed by atoms with van der Waals surface area (Å²) in [5.41, 5.74) is 3.41. The van der Waals surface area contributed by atoms with Crippen LogP contribution in [0, 0.1) is 31.1 Å². The second kappa shape index (κ2) is 5.94. The maximum atomic E-state index is 9.42. The Morgan fingerprint density at radius 1 is 1.23 bits per heavy atom. The lowest BCUT2D eigenvalue weighted by Crippen LogP contribution is -2.16. The van der Waals surface area contributed by atoms with Gasteiger partial charge in [0.05, 0.1) is 11.7 Å². The van der Waals surface area contributed by atoms with E-state index in [1.165, 1.54) is 12.8 Å². The third-order valence-electron chi connectivity index (χ3n) is 4.18. The van der Waals surface area contributed by atoms with Crippen molar-refractivity contribution in [3.05, 3.63) is 51.7 Å². The van der Waals surface area contributed by atoms with Gasteiger partial charge in [0, 0.05) is 5.02 Å². The molecule has 22 heavy (non-hydrogen) atoms. The minimum Gasteiger partial charge on any atom is -0.360 e. The van der Waals surface area contributed by atoms with Crippen LogP contribution >= 0.6 is 11.6 Å². The van der Waals surface area contributed by atoms with E-state index in [0.29, 0.717) is 17.3 Å². The van der Waals surface area contributed by atoms with Gasteiger partial charge < -0.3 is 5.32 Å². The zero-order valence-electron chi connectivity index (χ0n) is 12.6. The summed E-state index contributed by atoms with van der Waals surface area (Å²) >= 11 is 5.97. The fraction of sp³-hybridized carbons (Fsp3) is 0.353. The van der Waals surface area contributed by atoms with Crippen molar-refractivity contribution in [2.45, 2.75) is 32.7 Å². The van der Waals surface area contributed by atoms with E-state index in [0.717, 1.165) is 21.8 Å². The van der Waals surface area contributed by atoms with Gasteiger partial charge in [-0.1, -0.05) is 23.7 Å². The molecule has 2 aromatic rings. The first-order valence-electron chi connectivity index (χ1n) is 7.36. The van der Waals surface area contributed by atoms with Gasteiger partial charge in [0.25, 0.3) is 0 Å². The normalized spacial score (nSPS) is 15.2. The van der Waals surface area contributed by atoms with Crippen LogP contribution in [0.3, 0.4) is 0 Å². The maximum Gasteiger partial charge on any atom is 0.167 e. The van der Waals surface area contributed by atoms with Gasteiger partial charge in [-0.2, -0.15) is 10.4 Å². The number of nitrogens with zero attached hydrogens (tertiary/aromatic N) is 3. The Morgan fingerprint density at radius 2 is 1.91 bits per heavy atom. The fourth-order valence-corrected chi connectivity index (χ4v) is 2.69. The van der Waals surface area contributed by atoms with Crippen molar-refractivity contribution >= 4 is 17.4 Å². The van der Waals surface area contributed by atoms with Crippen molar-refractivity contribution in [3.8, 4) is 6.07 Å². The molecule has 5 heteroatoms. The summed E-state index contributed by atoms with van der Waals surface area (Å²) in [6, 6.07) is 10.2.